The van der Waals surface area contributed by atoms with E-state index in [2.05, 4.69) is 11.4 Å². The molecule has 4 N–H and O–H groups in total. The van der Waals surface area contributed by atoms with E-state index < -0.39 is 22.8 Å². The van der Waals surface area contributed by atoms with Gasteiger partial charge in [0.1, 0.15) is 16.9 Å². The molecule has 5 rings (SSSR count). The number of aliphatic hydroxyl groups is 1. The fourth-order valence-corrected chi connectivity index (χ4v) is 5.99. The first-order chi connectivity index (χ1) is 17.3. The zero-order valence-electron chi connectivity index (χ0n) is 20.6. The molecule has 190 valence electrons. The van der Waals surface area contributed by atoms with Gasteiger partial charge in [-0.2, -0.15) is 0 Å². The molecule has 36 heavy (non-hydrogen) atoms. The lowest BCUT2D eigenvalue weighted by Gasteiger charge is -2.53. The van der Waals surface area contributed by atoms with Crippen LogP contribution >= 0.6 is 0 Å². The van der Waals surface area contributed by atoms with Crippen molar-refractivity contribution in [3.63, 3.8) is 0 Å². The molecule has 2 aliphatic heterocycles. The summed E-state index contributed by atoms with van der Waals surface area (Å²) in [6.45, 7) is 4.19. The van der Waals surface area contributed by atoms with Crippen LogP contribution in [-0.2, 0) is 16.0 Å². The van der Waals surface area contributed by atoms with Crippen LogP contribution in [0.5, 0.6) is 5.75 Å². The number of nitrogens with one attached hydrogen (secondary N) is 1. The maximum absolute atomic E-state index is 13.3. The minimum atomic E-state index is -0.961. The lowest BCUT2D eigenvalue weighted by molar-refractivity contribution is -0.198. The summed E-state index contributed by atoms with van der Waals surface area (Å²) in [6, 6.07) is 6.90. The van der Waals surface area contributed by atoms with Crippen molar-refractivity contribution in [1.29, 1.82) is 0 Å². The number of allylic oxidation sites excluding steroid dienone is 2. The number of carbonyl (C=O) groups excluding carboxylic acids is 1. The molecule has 0 radical (unpaired) electrons. The summed E-state index contributed by atoms with van der Waals surface area (Å²) < 4.78 is 18.6. The summed E-state index contributed by atoms with van der Waals surface area (Å²) in [6.07, 6.45) is 8.80. The number of hydrogen-bond donors (Lipinski definition) is 3. The fraction of sp³-hybridized carbons (Fsp3) is 0.429. The number of hydrogen-bond acceptors (Lipinski definition) is 8. The third kappa shape index (κ3) is 3.99. The summed E-state index contributed by atoms with van der Waals surface area (Å²) in [5, 5.41) is 13.4. The number of aliphatic hydroxyl groups excluding tert-OH is 1. The highest BCUT2D eigenvalue weighted by atomic mass is 16.6. The van der Waals surface area contributed by atoms with Crippen molar-refractivity contribution in [3.8, 4) is 5.75 Å². The molecule has 8 heteroatoms. The second kappa shape index (κ2) is 9.17. The van der Waals surface area contributed by atoms with Crippen LogP contribution in [0, 0.1) is 5.92 Å². The number of nitrogens with two attached hydrogens (primary N) is 1. The van der Waals surface area contributed by atoms with Crippen LogP contribution in [0.4, 0.5) is 0 Å². The summed E-state index contributed by atoms with van der Waals surface area (Å²) in [4.78, 5) is 25.1. The SMILES string of the molecule is CC=C(CCO)C(=O)OC1(C)CCCC(C2=CCNC(N)=C2)C12Cc1cc3ccc(=O)oc3cc1O2. The Morgan fingerprint density at radius 2 is 2.19 bits per heavy atom. The number of benzene rings is 1. The van der Waals surface area contributed by atoms with Crippen LogP contribution in [0.3, 0.4) is 0 Å². The van der Waals surface area contributed by atoms with Gasteiger partial charge in [0.25, 0.3) is 0 Å². The summed E-state index contributed by atoms with van der Waals surface area (Å²) in [7, 11) is 0. The predicted molar refractivity (Wildman–Crippen MR) is 135 cm³/mol. The Balaban J connectivity index is 1.61. The third-order valence-electron chi connectivity index (χ3n) is 7.83. The minimum absolute atomic E-state index is 0.0841. The van der Waals surface area contributed by atoms with Gasteiger partial charge in [0.15, 0.2) is 5.60 Å². The molecule has 0 bridgehead atoms. The number of dihydropyridines is 1. The summed E-state index contributed by atoms with van der Waals surface area (Å²) >= 11 is 0. The van der Waals surface area contributed by atoms with Gasteiger partial charge < -0.3 is 30.0 Å². The van der Waals surface area contributed by atoms with Crippen LogP contribution in [0.15, 0.2) is 68.7 Å². The second-order valence-corrected chi connectivity index (χ2v) is 9.96. The van der Waals surface area contributed by atoms with E-state index in [9.17, 15) is 14.7 Å². The number of carbonyl (C=O) groups is 1. The van der Waals surface area contributed by atoms with Gasteiger partial charge >= 0.3 is 11.6 Å². The van der Waals surface area contributed by atoms with Crippen LogP contribution in [0.1, 0.15) is 45.1 Å². The minimum Gasteiger partial charge on any atom is -0.482 e. The molecule has 1 saturated carbocycles. The first-order valence-corrected chi connectivity index (χ1v) is 12.4. The standard InChI is InChI=1S/C28H32N2O6/c1-3-17(9-12-31)26(33)36-27(2)10-4-5-21(18-8-11-30-24(29)14-18)28(27)16-20-13-19-6-7-25(32)34-22(19)15-23(20)35-28/h3,6-8,13-15,21,30-31H,4-5,9-12,16,29H2,1-2H3. The normalized spacial score (nSPS) is 27.6. The molecule has 2 aromatic rings. The van der Waals surface area contributed by atoms with Crippen LogP contribution in [0.2, 0.25) is 0 Å². The van der Waals surface area contributed by atoms with E-state index in [-0.39, 0.29) is 18.9 Å². The van der Waals surface area contributed by atoms with Crippen molar-refractivity contribution >= 4 is 16.9 Å². The highest BCUT2D eigenvalue weighted by molar-refractivity contribution is 5.89. The maximum Gasteiger partial charge on any atom is 0.336 e. The van der Waals surface area contributed by atoms with E-state index in [0.29, 0.717) is 42.1 Å². The lowest BCUT2D eigenvalue weighted by atomic mass is 9.61. The highest BCUT2D eigenvalue weighted by Gasteiger charge is 2.63. The largest absolute Gasteiger partial charge is 0.482 e. The maximum atomic E-state index is 13.3. The molecule has 1 aliphatic carbocycles. The Morgan fingerprint density at radius 1 is 1.36 bits per heavy atom. The van der Waals surface area contributed by atoms with E-state index in [1.54, 1.807) is 25.1 Å². The Kier molecular flexibility index (Phi) is 6.16. The Labute approximate surface area is 209 Å². The summed E-state index contributed by atoms with van der Waals surface area (Å²) in [5.74, 6) is 0.687. The zero-order chi connectivity index (χ0) is 25.5. The Morgan fingerprint density at radius 3 is 2.94 bits per heavy atom. The molecule has 1 spiro atoms. The van der Waals surface area contributed by atoms with Gasteiger partial charge in [-0.15, -0.1) is 0 Å². The van der Waals surface area contributed by atoms with Crippen molar-refractivity contribution in [2.24, 2.45) is 11.7 Å². The molecule has 3 atom stereocenters. The van der Waals surface area contributed by atoms with Crippen molar-refractivity contribution in [2.75, 3.05) is 13.2 Å². The Bertz CT molecular complexity index is 1360. The smallest absolute Gasteiger partial charge is 0.336 e. The first kappa shape index (κ1) is 24.2. The van der Waals surface area contributed by atoms with Gasteiger partial charge in [-0.25, -0.2) is 9.59 Å². The second-order valence-electron chi connectivity index (χ2n) is 9.96. The van der Waals surface area contributed by atoms with Gasteiger partial charge in [-0.1, -0.05) is 12.2 Å². The molecule has 1 aromatic heterocycles. The molecule has 3 aliphatic rings. The number of rotatable bonds is 5. The third-order valence-corrected chi connectivity index (χ3v) is 7.83. The molecular formula is C28H32N2O6. The highest BCUT2D eigenvalue weighted by Crippen LogP contribution is 2.55. The first-order valence-electron chi connectivity index (χ1n) is 12.4. The van der Waals surface area contributed by atoms with E-state index in [1.165, 1.54) is 6.07 Å². The molecule has 3 unspecified atom stereocenters. The molecule has 0 saturated heterocycles. The van der Waals surface area contributed by atoms with E-state index in [0.717, 1.165) is 29.4 Å². The molecule has 0 amide bonds. The molecule has 1 fully saturated rings. The average Bonchev–Trinajstić information content (AvgIpc) is 3.22. The molecule has 8 nitrogen and oxygen atoms in total. The quantitative estimate of drug-likeness (QED) is 0.330. The number of ether oxygens (including phenoxy) is 2. The van der Waals surface area contributed by atoms with Crippen molar-refractivity contribution in [2.45, 2.75) is 57.2 Å². The topological polar surface area (TPSA) is 124 Å². The monoisotopic (exact) mass is 492 g/mol. The lowest BCUT2D eigenvalue weighted by Crippen LogP contribution is -2.64. The van der Waals surface area contributed by atoms with Crippen molar-refractivity contribution in [3.05, 3.63) is 75.4 Å². The van der Waals surface area contributed by atoms with Crippen LogP contribution in [-0.4, -0.2) is 35.4 Å². The van der Waals surface area contributed by atoms with Gasteiger partial charge in [0.05, 0.1) is 5.82 Å². The average molecular weight is 493 g/mol. The summed E-state index contributed by atoms with van der Waals surface area (Å²) in [5.41, 5.74) is 6.77. The number of fused-ring (bicyclic) bond motifs is 2. The van der Waals surface area contributed by atoms with Crippen molar-refractivity contribution in [1.82, 2.24) is 5.32 Å². The predicted octanol–water partition coefficient (Wildman–Crippen LogP) is 3.23. The van der Waals surface area contributed by atoms with E-state index in [4.69, 9.17) is 19.6 Å². The zero-order valence-corrected chi connectivity index (χ0v) is 20.6. The van der Waals surface area contributed by atoms with E-state index >= 15 is 0 Å². The molecule has 3 heterocycles. The van der Waals surface area contributed by atoms with Crippen molar-refractivity contribution < 1.29 is 23.8 Å². The molecule has 1 aromatic carbocycles. The Hall–Kier alpha value is -3.52. The van der Waals surface area contributed by atoms with Gasteiger partial charge in [0, 0.05) is 55.0 Å². The fourth-order valence-electron chi connectivity index (χ4n) is 5.99. The van der Waals surface area contributed by atoms with Crippen LogP contribution in [0.25, 0.3) is 11.0 Å². The number of esters is 1. The molecular weight excluding hydrogens is 460 g/mol. The van der Waals surface area contributed by atoms with Gasteiger partial charge in [-0.05, 0) is 62.5 Å². The van der Waals surface area contributed by atoms with Gasteiger partial charge in [-0.3, -0.25) is 0 Å². The van der Waals surface area contributed by atoms with E-state index in [1.807, 2.05) is 19.1 Å². The van der Waals surface area contributed by atoms with Gasteiger partial charge in [0.2, 0.25) is 0 Å². The van der Waals surface area contributed by atoms with Crippen LogP contribution < -0.4 is 21.4 Å².